The van der Waals surface area contributed by atoms with Crippen LogP contribution >= 0.6 is 23.4 Å². The molecule has 0 unspecified atom stereocenters. The van der Waals surface area contributed by atoms with E-state index in [1.54, 1.807) is 24.9 Å². The minimum Gasteiger partial charge on any atom is -0.496 e. The summed E-state index contributed by atoms with van der Waals surface area (Å²) in [5.74, 6) is 1.60. The fourth-order valence-electron chi connectivity index (χ4n) is 2.27. The van der Waals surface area contributed by atoms with Crippen molar-refractivity contribution in [2.45, 2.75) is 24.8 Å². The van der Waals surface area contributed by atoms with Gasteiger partial charge in [0.1, 0.15) is 10.9 Å². The molecule has 3 heterocycles. The lowest BCUT2D eigenvalue weighted by Crippen LogP contribution is -1.98. The van der Waals surface area contributed by atoms with Gasteiger partial charge in [-0.3, -0.25) is 4.98 Å². The molecule has 7 heteroatoms. The molecule has 0 aliphatic rings. The predicted molar refractivity (Wildman–Crippen MR) is 88.7 cm³/mol. The number of halogens is 1. The molecule has 0 bridgehead atoms. The third-order valence-electron chi connectivity index (χ3n) is 3.39. The van der Waals surface area contributed by atoms with E-state index in [1.807, 2.05) is 26.1 Å². The number of pyridine rings is 2. The predicted octanol–water partition coefficient (Wildman–Crippen LogP) is 3.92. The topological polar surface area (TPSA) is 63.7 Å². The van der Waals surface area contributed by atoms with E-state index in [0.29, 0.717) is 16.6 Å². The van der Waals surface area contributed by atoms with Gasteiger partial charge in [-0.1, -0.05) is 23.4 Å². The second-order valence-corrected chi connectivity index (χ2v) is 6.23. The van der Waals surface area contributed by atoms with Gasteiger partial charge in [-0.2, -0.15) is 0 Å². The summed E-state index contributed by atoms with van der Waals surface area (Å²) in [6.07, 6.45) is 1.84. The second kappa shape index (κ2) is 6.14. The van der Waals surface area contributed by atoms with E-state index in [9.17, 15) is 0 Å². The normalized spacial score (nSPS) is 11.1. The van der Waals surface area contributed by atoms with Crippen molar-refractivity contribution in [3.63, 3.8) is 0 Å². The minimum absolute atomic E-state index is 0.441. The summed E-state index contributed by atoms with van der Waals surface area (Å²) in [6.45, 7) is 4.01. The molecule has 0 atom stereocenters. The third kappa shape index (κ3) is 2.89. The number of rotatable bonds is 4. The number of H-pyrrole nitrogens is 1. The number of aryl methyl sites for hydroxylation is 1. The number of nitrogens with one attached hydrogen (secondary N) is 1. The highest BCUT2D eigenvalue weighted by atomic mass is 35.5. The molecular weight excluding hydrogens is 320 g/mol. The number of hydrogen-bond acceptors (Lipinski definition) is 5. The van der Waals surface area contributed by atoms with Crippen molar-refractivity contribution in [3.8, 4) is 5.75 Å². The van der Waals surface area contributed by atoms with Crippen molar-refractivity contribution < 1.29 is 4.74 Å². The average molecular weight is 335 g/mol. The largest absolute Gasteiger partial charge is 0.496 e. The van der Waals surface area contributed by atoms with Crippen LogP contribution in [0.15, 0.2) is 23.5 Å². The van der Waals surface area contributed by atoms with Crippen LogP contribution in [-0.4, -0.2) is 27.0 Å². The lowest BCUT2D eigenvalue weighted by molar-refractivity contribution is 0.407. The summed E-state index contributed by atoms with van der Waals surface area (Å²) in [5.41, 5.74) is 4.58. The van der Waals surface area contributed by atoms with Crippen LogP contribution in [0.2, 0.25) is 5.15 Å². The SMILES string of the molecule is COc1c(C)cnc(CSc2nc3nc(Cl)ccc3[nH]2)c1C. The van der Waals surface area contributed by atoms with Gasteiger partial charge in [0, 0.05) is 23.1 Å². The Hall–Kier alpha value is -1.79. The molecule has 5 nitrogen and oxygen atoms in total. The number of thioether (sulfide) groups is 1. The highest BCUT2D eigenvalue weighted by Gasteiger charge is 2.11. The second-order valence-electron chi connectivity index (χ2n) is 4.88. The number of aromatic nitrogens is 4. The van der Waals surface area contributed by atoms with Gasteiger partial charge >= 0.3 is 0 Å². The Bertz CT molecular complexity index is 834. The van der Waals surface area contributed by atoms with Gasteiger partial charge in [0.15, 0.2) is 10.8 Å². The Morgan fingerprint density at radius 1 is 1.27 bits per heavy atom. The van der Waals surface area contributed by atoms with Gasteiger partial charge in [0.05, 0.1) is 18.3 Å². The lowest BCUT2D eigenvalue weighted by Gasteiger charge is -2.11. The van der Waals surface area contributed by atoms with E-state index in [0.717, 1.165) is 33.2 Å². The minimum atomic E-state index is 0.441. The average Bonchev–Trinajstić information content (AvgIpc) is 2.89. The fraction of sp³-hybridized carbons (Fsp3) is 0.267. The zero-order chi connectivity index (χ0) is 15.7. The Morgan fingerprint density at radius 3 is 2.86 bits per heavy atom. The van der Waals surface area contributed by atoms with Crippen molar-refractivity contribution in [1.29, 1.82) is 0 Å². The molecule has 0 radical (unpaired) electrons. The molecule has 0 fully saturated rings. The number of methoxy groups -OCH3 is 1. The van der Waals surface area contributed by atoms with Crippen molar-refractivity contribution in [1.82, 2.24) is 19.9 Å². The van der Waals surface area contributed by atoms with E-state index in [1.165, 1.54) is 0 Å². The highest BCUT2D eigenvalue weighted by Crippen LogP contribution is 2.28. The van der Waals surface area contributed by atoms with Gasteiger partial charge < -0.3 is 9.72 Å². The molecule has 0 aromatic carbocycles. The summed E-state index contributed by atoms with van der Waals surface area (Å²) < 4.78 is 5.43. The number of aromatic amines is 1. The molecule has 1 N–H and O–H groups in total. The first-order valence-corrected chi connectivity index (χ1v) is 8.09. The van der Waals surface area contributed by atoms with Crippen LogP contribution in [0.1, 0.15) is 16.8 Å². The Kier molecular flexibility index (Phi) is 4.22. The standard InChI is InChI=1S/C15H15ClN4OS/c1-8-6-17-11(9(2)13(8)21-3)7-22-15-18-10-4-5-12(16)19-14(10)20-15/h4-6H,7H2,1-3H3,(H,18,19,20). The van der Waals surface area contributed by atoms with Crippen molar-refractivity contribution in [2.24, 2.45) is 0 Å². The van der Waals surface area contributed by atoms with Crippen LogP contribution in [0.4, 0.5) is 0 Å². The van der Waals surface area contributed by atoms with E-state index in [4.69, 9.17) is 16.3 Å². The van der Waals surface area contributed by atoms with Crippen LogP contribution < -0.4 is 4.74 Å². The van der Waals surface area contributed by atoms with Gasteiger partial charge in [-0.15, -0.1) is 0 Å². The van der Waals surface area contributed by atoms with E-state index in [2.05, 4.69) is 19.9 Å². The number of imidazole rings is 1. The summed E-state index contributed by atoms with van der Waals surface area (Å²) >= 11 is 7.45. The summed E-state index contributed by atoms with van der Waals surface area (Å²) in [5, 5.41) is 1.24. The smallest absolute Gasteiger partial charge is 0.180 e. The lowest BCUT2D eigenvalue weighted by atomic mass is 10.1. The molecule has 0 aliphatic carbocycles. The van der Waals surface area contributed by atoms with Crippen molar-refractivity contribution in [2.75, 3.05) is 7.11 Å². The Labute approximate surface area is 137 Å². The fourth-order valence-corrected chi connectivity index (χ4v) is 3.31. The molecular formula is C15H15ClN4OS. The maximum absolute atomic E-state index is 5.87. The summed E-state index contributed by atoms with van der Waals surface area (Å²) in [7, 11) is 1.68. The number of ether oxygens (including phenoxy) is 1. The molecule has 0 saturated carbocycles. The number of fused-ring (bicyclic) bond motifs is 1. The van der Waals surface area contributed by atoms with Crippen LogP contribution in [0.25, 0.3) is 11.2 Å². The monoisotopic (exact) mass is 334 g/mol. The van der Waals surface area contributed by atoms with Crippen molar-refractivity contribution in [3.05, 3.63) is 40.3 Å². The quantitative estimate of drug-likeness (QED) is 0.578. The van der Waals surface area contributed by atoms with E-state index >= 15 is 0 Å². The molecule has 3 aromatic rings. The van der Waals surface area contributed by atoms with Crippen LogP contribution in [-0.2, 0) is 5.75 Å². The first-order valence-electron chi connectivity index (χ1n) is 6.72. The molecule has 114 valence electrons. The van der Waals surface area contributed by atoms with E-state index in [-0.39, 0.29) is 0 Å². The highest BCUT2D eigenvalue weighted by molar-refractivity contribution is 7.98. The molecule has 3 rings (SSSR count). The zero-order valence-electron chi connectivity index (χ0n) is 12.5. The summed E-state index contributed by atoms with van der Waals surface area (Å²) in [4.78, 5) is 16.3. The molecule has 3 aromatic heterocycles. The first-order chi connectivity index (χ1) is 10.6. The number of hydrogen-bond donors (Lipinski definition) is 1. The van der Waals surface area contributed by atoms with E-state index < -0.39 is 0 Å². The maximum Gasteiger partial charge on any atom is 0.180 e. The van der Waals surface area contributed by atoms with Crippen molar-refractivity contribution >= 4 is 34.5 Å². The van der Waals surface area contributed by atoms with Crippen LogP contribution in [0.3, 0.4) is 0 Å². The molecule has 0 saturated heterocycles. The zero-order valence-corrected chi connectivity index (χ0v) is 14.0. The van der Waals surface area contributed by atoms with Crippen LogP contribution in [0, 0.1) is 13.8 Å². The first kappa shape index (κ1) is 15.1. The molecule has 0 amide bonds. The molecule has 22 heavy (non-hydrogen) atoms. The van der Waals surface area contributed by atoms with Gasteiger partial charge in [-0.05, 0) is 26.0 Å². The summed E-state index contributed by atoms with van der Waals surface area (Å²) in [6, 6.07) is 3.62. The Balaban J connectivity index is 1.82. The maximum atomic E-state index is 5.87. The molecule has 0 spiro atoms. The Morgan fingerprint density at radius 2 is 2.09 bits per heavy atom. The molecule has 0 aliphatic heterocycles. The van der Waals surface area contributed by atoms with Crippen LogP contribution in [0.5, 0.6) is 5.75 Å². The van der Waals surface area contributed by atoms with Gasteiger partial charge in [0.25, 0.3) is 0 Å². The third-order valence-corrected chi connectivity index (χ3v) is 4.48. The number of nitrogens with zero attached hydrogens (tertiary/aromatic N) is 3. The van der Waals surface area contributed by atoms with Gasteiger partial charge in [0.2, 0.25) is 0 Å². The van der Waals surface area contributed by atoms with Gasteiger partial charge in [-0.25, -0.2) is 9.97 Å².